The third-order valence-corrected chi connectivity index (χ3v) is 5.87. The van der Waals surface area contributed by atoms with E-state index in [-0.39, 0.29) is 6.54 Å². The molecule has 1 aromatic heterocycles. The molecule has 0 saturated heterocycles. The zero-order valence-corrected chi connectivity index (χ0v) is 19.8. The Morgan fingerprint density at radius 1 is 1.09 bits per heavy atom. The number of nitrogens with zero attached hydrogens (tertiary/aromatic N) is 1. The summed E-state index contributed by atoms with van der Waals surface area (Å²) < 4.78 is 11.1. The molecule has 7 heteroatoms. The lowest BCUT2D eigenvalue weighted by Gasteiger charge is -2.25. The molecule has 1 heterocycles. The largest absolute Gasteiger partial charge is 0.496 e. The maximum Gasteiger partial charge on any atom is 0.326 e. The molecule has 0 aliphatic carbocycles. The number of aliphatic carboxylic acids is 1. The molecule has 2 aromatic carbocycles. The van der Waals surface area contributed by atoms with Crippen LogP contribution >= 0.6 is 0 Å². The molecular formula is C27H30N2O5. The van der Waals surface area contributed by atoms with Crippen molar-refractivity contribution in [2.45, 2.75) is 25.9 Å². The average molecular weight is 463 g/mol. The van der Waals surface area contributed by atoms with Crippen LogP contribution in [0.3, 0.4) is 0 Å². The highest BCUT2D eigenvalue weighted by atomic mass is 16.5. The lowest BCUT2D eigenvalue weighted by Crippen LogP contribution is -2.52. The van der Waals surface area contributed by atoms with Crippen LogP contribution < -0.4 is 14.8 Å². The summed E-state index contributed by atoms with van der Waals surface area (Å²) in [4.78, 5) is 15.9. The first-order chi connectivity index (χ1) is 16.3. The number of hydrogen-bond acceptors (Lipinski definition) is 6. The van der Waals surface area contributed by atoms with Crippen molar-refractivity contribution in [2.24, 2.45) is 0 Å². The number of benzene rings is 2. The molecule has 34 heavy (non-hydrogen) atoms. The number of carboxylic acids is 1. The van der Waals surface area contributed by atoms with Crippen molar-refractivity contribution in [1.82, 2.24) is 10.3 Å². The van der Waals surface area contributed by atoms with Crippen molar-refractivity contribution in [3.05, 3.63) is 77.1 Å². The molecule has 0 bridgehead atoms. The number of aliphatic hydroxyl groups excluding tert-OH is 1. The zero-order valence-electron chi connectivity index (χ0n) is 19.8. The highest BCUT2D eigenvalue weighted by Gasteiger charge is 2.32. The second kappa shape index (κ2) is 11.0. The van der Waals surface area contributed by atoms with Crippen molar-refractivity contribution in [3.63, 3.8) is 0 Å². The Kier molecular flexibility index (Phi) is 8.04. The summed E-state index contributed by atoms with van der Waals surface area (Å²) >= 11 is 0. The number of carboxylic acid groups (broad SMARTS) is 1. The van der Waals surface area contributed by atoms with Gasteiger partial charge in [0, 0.05) is 30.1 Å². The van der Waals surface area contributed by atoms with E-state index >= 15 is 0 Å². The van der Waals surface area contributed by atoms with Gasteiger partial charge in [0.1, 0.15) is 17.0 Å². The van der Waals surface area contributed by atoms with Crippen molar-refractivity contribution >= 4 is 18.1 Å². The fraction of sp³-hybridized carbons (Fsp3) is 0.259. The number of carbonyl (C=O) groups is 1. The van der Waals surface area contributed by atoms with E-state index in [9.17, 15) is 15.0 Å². The van der Waals surface area contributed by atoms with Crippen LogP contribution in [0.5, 0.6) is 11.5 Å². The van der Waals surface area contributed by atoms with Gasteiger partial charge in [-0.1, -0.05) is 42.5 Å². The van der Waals surface area contributed by atoms with Gasteiger partial charge in [0.15, 0.2) is 0 Å². The van der Waals surface area contributed by atoms with Gasteiger partial charge in [-0.25, -0.2) is 0 Å². The van der Waals surface area contributed by atoms with Gasteiger partial charge in [-0.05, 0) is 48.2 Å². The van der Waals surface area contributed by atoms with E-state index in [0.29, 0.717) is 17.1 Å². The molecule has 3 N–H and O–H groups in total. The quantitative estimate of drug-likeness (QED) is 0.416. The summed E-state index contributed by atoms with van der Waals surface area (Å²) in [5.74, 6) is -0.0516. The Bertz CT molecular complexity index is 1150. The van der Waals surface area contributed by atoms with Crippen LogP contribution in [-0.4, -0.2) is 47.5 Å². The highest BCUT2D eigenvalue weighted by Crippen LogP contribution is 2.32. The molecule has 3 rings (SSSR count). The van der Waals surface area contributed by atoms with E-state index in [1.54, 1.807) is 14.2 Å². The van der Waals surface area contributed by atoms with Crippen LogP contribution in [0.1, 0.15) is 29.2 Å². The highest BCUT2D eigenvalue weighted by molar-refractivity contribution is 5.79. The lowest BCUT2D eigenvalue weighted by molar-refractivity contribution is -0.145. The second-order valence-electron chi connectivity index (χ2n) is 8.15. The zero-order chi connectivity index (χ0) is 24.7. The van der Waals surface area contributed by atoms with E-state index in [2.05, 4.69) is 29.4 Å². The minimum atomic E-state index is -1.48. The Balaban J connectivity index is 1.91. The summed E-state index contributed by atoms with van der Waals surface area (Å²) in [5, 5.41) is 21.8. The fourth-order valence-corrected chi connectivity index (χ4v) is 3.56. The number of rotatable bonds is 10. The number of ether oxygens (including phenoxy) is 2. The maximum absolute atomic E-state index is 11.5. The first-order valence-corrected chi connectivity index (χ1v) is 10.8. The molecule has 0 aliphatic rings. The predicted molar refractivity (Wildman–Crippen MR) is 133 cm³/mol. The Morgan fingerprint density at radius 3 is 2.29 bits per heavy atom. The molecule has 1 atom stereocenters. The summed E-state index contributed by atoms with van der Waals surface area (Å²) in [6.45, 7) is 3.08. The molecular weight excluding hydrogens is 432 g/mol. The summed E-state index contributed by atoms with van der Waals surface area (Å²) in [6.07, 6.45) is 7.64. The summed E-state index contributed by atoms with van der Waals surface area (Å²) in [6, 6.07) is 13.8. The number of methoxy groups -OCH3 is 2. The second-order valence-corrected chi connectivity index (χ2v) is 8.15. The van der Waals surface area contributed by atoms with E-state index in [1.807, 2.05) is 54.9 Å². The van der Waals surface area contributed by atoms with Crippen LogP contribution in [0.15, 0.2) is 54.9 Å². The topological polar surface area (TPSA) is 101 Å². The first-order valence-electron chi connectivity index (χ1n) is 10.8. The molecule has 0 amide bonds. The van der Waals surface area contributed by atoms with Gasteiger partial charge in [0.2, 0.25) is 0 Å². The van der Waals surface area contributed by atoms with Gasteiger partial charge in [-0.3, -0.25) is 15.1 Å². The normalized spacial score (nSPS) is 13.0. The molecule has 0 saturated carbocycles. The lowest BCUT2D eigenvalue weighted by atomic mass is 9.98. The van der Waals surface area contributed by atoms with Gasteiger partial charge < -0.3 is 19.7 Å². The van der Waals surface area contributed by atoms with Gasteiger partial charge in [-0.2, -0.15) is 0 Å². The van der Waals surface area contributed by atoms with Crippen molar-refractivity contribution in [2.75, 3.05) is 20.8 Å². The third-order valence-electron chi connectivity index (χ3n) is 5.87. The molecule has 7 nitrogen and oxygen atoms in total. The molecule has 3 aromatic rings. The Labute approximate surface area is 199 Å². The van der Waals surface area contributed by atoms with Crippen LogP contribution in [0.2, 0.25) is 0 Å². The standard InChI is InChI=1S/C27H30N2O5/c1-18-21(14-28-15-22(18)20-8-6-5-7-9-20)11-10-19-12-24(33-3)23(25(13-19)34-4)16-29-27(2,17-30)26(31)32/h5-15,29-30H,16-17H2,1-4H3,(H,31,32)/b11-10+/t27-/m0/s1. The molecule has 0 unspecified atom stereocenters. The number of pyridine rings is 1. The number of hydrogen-bond donors (Lipinski definition) is 3. The van der Waals surface area contributed by atoms with Crippen LogP contribution in [0.25, 0.3) is 23.3 Å². The molecule has 0 fully saturated rings. The molecule has 0 aliphatic heterocycles. The van der Waals surface area contributed by atoms with Crippen molar-refractivity contribution in [1.29, 1.82) is 0 Å². The number of nitrogens with one attached hydrogen (secondary N) is 1. The molecule has 0 spiro atoms. The third kappa shape index (κ3) is 5.44. The summed E-state index contributed by atoms with van der Waals surface area (Å²) in [5.41, 5.74) is 4.32. The van der Waals surface area contributed by atoms with E-state index in [0.717, 1.165) is 27.8 Å². The van der Waals surface area contributed by atoms with Crippen LogP contribution in [-0.2, 0) is 11.3 Å². The van der Waals surface area contributed by atoms with E-state index < -0.39 is 18.1 Å². The Morgan fingerprint density at radius 2 is 1.74 bits per heavy atom. The van der Waals surface area contributed by atoms with Gasteiger partial charge in [-0.15, -0.1) is 0 Å². The maximum atomic E-state index is 11.5. The van der Waals surface area contributed by atoms with Gasteiger partial charge in [0.25, 0.3) is 0 Å². The Hall–Kier alpha value is -3.68. The van der Waals surface area contributed by atoms with Crippen LogP contribution in [0, 0.1) is 6.92 Å². The average Bonchev–Trinajstić information content (AvgIpc) is 2.86. The number of aromatic nitrogens is 1. The minimum Gasteiger partial charge on any atom is -0.496 e. The fourth-order valence-electron chi connectivity index (χ4n) is 3.56. The van der Waals surface area contributed by atoms with E-state index in [4.69, 9.17) is 9.47 Å². The smallest absolute Gasteiger partial charge is 0.326 e. The monoisotopic (exact) mass is 462 g/mol. The number of aliphatic hydroxyl groups is 1. The van der Waals surface area contributed by atoms with Crippen LogP contribution in [0.4, 0.5) is 0 Å². The van der Waals surface area contributed by atoms with Crippen molar-refractivity contribution in [3.8, 4) is 22.6 Å². The van der Waals surface area contributed by atoms with Crippen molar-refractivity contribution < 1.29 is 24.5 Å². The van der Waals surface area contributed by atoms with Gasteiger partial charge >= 0.3 is 5.97 Å². The molecule has 0 radical (unpaired) electrons. The first kappa shape index (κ1) is 25.0. The predicted octanol–water partition coefficient (Wildman–Crippen LogP) is 4.17. The SMILES string of the molecule is COc1cc(/C=C/c2cncc(-c3ccccc3)c2C)cc(OC)c1CN[C@@](C)(CO)C(=O)O. The minimum absolute atomic E-state index is 0.141. The summed E-state index contributed by atoms with van der Waals surface area (Å²) in [7, 11) is 3.09. The van der Waals surface area contributed by atoms with E-state index in [1.165, 1.54) is 6.92 Å². The molecule has 178 valence electrons. The van der Waals surface area contributed by atoms with Gasteiger partial charge in [0.05, 0.1) is 20.8 Å².